The lowest BCUT2D eigenvalue weighted by atomic mass is 10.2. The maximum absolute atomic E-state index is 11.6. The summed E-state index contributed by atoms with van der Waals surface area (Å²) in [5.41, 5.74) is 0.0597. The first kappa shape index (κ1) is 14.4. The summed E-state index contributed by atoms with van der Waals surface area (Å²) in [5, 5.41) is 16.0. The molecule has 0 aliphatic carbocycles. The van der Waals surface area contributed by atoms with Crippen LogP contribution in [0.5, 0.6) is 0 Å². The molecular formula is C12H13N3O4. The second kappa shape index (κ2) is 6.29. The quantitative estimate of drug-likeness (QED) is 0.316. The van der Waals surface area contributed by atoms with Crippen molar-refractivity contribution in [3.63, 3.8) is 0 Å². The molecule has 0 aliphatic rings. The van der Waals surface area contributed by atoms with Crippen LogP contribution < -0.4 is 10.6 Å². The highest BCUT2D eigenvalue weighted by Gasteiger charge is 2.17. The Morgan fingerprint density at radius 2 is 1.95 bits per heavy atom. The molecule has 0 fully saturated rings. The molecule has 0 aromatic heterocycles. The van der Waals surface area contributed by atoms with Gasteiger partial charge in [0.1, 0.15) is 0 Å². The highest BCUT2D eigenvalue weighted by molar-refractivity contribution is 6.67. The number of carbonyl (C=O) groups is 3. The van der Waals surface area contributed by atoms with Gasteiger partial charge in [0.25, 0.3) is 11.8 Å². The van der Waals surface area contributed by atoms with Crippen molar-refractivity contribution < 1.29 is 19.6 Å². The lowest BCUT2D eigenvalue weighted by Crippen LogP contribution is -2.28. The number of rotatable bonds is 4. The van der Waals surface area contributed by atoms with Crippen LogP contribution >= 0.6 is 0 Å². The van der Waals surface area contributed by atoms with Crippen molar-refractivity contribution in [1.29, 1.82) is 0 Å². The molecule has 7 heteroatoms. The van der Waals surface area contributed by atoms with E-state index in [4.69, 9.17) is 5.21 Å². The van der Waals surface area contributed by atoms with E-state index in [0.717, 1.165) is 6.92 Å². The van der Waals surface area contributed by atoms with Crippen LogP contribution in [0, 0.1) is 0 Å². The monoisotopic (exact) mass is 263 g/mol. The molecule has 0 saturated heterocycles. The average molecular weight is 263 g/mol. The number of nitrogens with one attached hydrogen (secondary N) is 2. The van der Waals surface area contributed by atoms with Crippen molar-refractivity contribution in [1.82, 2.24) is 5.32 Å². The molecule has 7 nitrogen and oxygen atoms in total. The van der Waals surface area contributed by atoms with Gasteiger partial charge < -0.3 is 15.8 Å². The summed E-state index contributed by atoms with van der Waals surface area (Å²) in [6, 6.07) is 6.12. The van der Waals surface area contributed by atoms with E-state index in [9.17, 15) is 14.4 Å². The zero-order valence-electron chi connectivity index (χ0n) is 10.4. The number of oxime groups is 1. The second-order valence-electron chi connectivity index (χ2n) is 3.62. The molecule has 0 heterocycles. The van der Waals surface area contributed by atoms with Gasteiger partial charge in [0, 0.05) is 25.2 Å². The molecule has 19 heavy (non-hydrogen) atoms. The van der Waals surface area contributed by atoms with Gasteiger partial charge in [-0.2, -0.15) is 0 Å². The summed E-state index contributed by atoms with van der Waals surface area (Å²) in [6.45, 7) is 1.11. The average Bonchev–Trinajstić information content (AvgIpc) is 2.38. The van der Waals surface area contributed by atoms with E-state index >= 15 is 0 Å². The van der Waals surface area contributed by atoms with E-state index in [1.165, 1.54) is 13.1 Å². The third kappa shape index (κ3) is 3.63. The first-order valence-corrected chi connectivity index (χ1v) is 5.36. The van der Waals surface area contributed by atoms with Crippen molar-refractivity contribution in [2.45, 2.75) is 6.92 Å². The van der Waals surface area contributed by atoms with Crippen LogP contribution in [-0.4, -0.2) is 35.6 Å². The predicted octanol–water partition coefficient (Wildman–Crippen LogP) is 0.404. The zero-order chi connectivity index (χ0) is 14.4. The fourth-order valence-electron chi connectivity index (χ4n) is 1.35. The van der Waals surface area contributed by atoms with E-state index in [-0.39, 0.29) is 5.91 Å². The summed E-state index contributed by atoms with van der Waals surface area (Å²) >= 11 is 0. The molecule has 100 valence electrons. The Morgan fingerprint density at radius 3 is 2.47 bits per heavy atom. The molecule has 1 rings (SSSR count). The summed E-state index contributed by atoms with van der Waals surface area (Å²) in [6.07, 6.45) is 0. The van der Waals surface area contributed by atoms with Gasteiger partial charge in [-0.1, -0.05) is 11.2 Å². The fraction of sp³-hybridized carbons (Fsp3) is 0.167. The van der Waals surface area contributed by atoms with Crippen molar-refractivity contribution in [2.24, 2.45) is 5.16 Å². The molecular weight excluding hydrogens is 250 g/mol. The van der Waals surface area contributed by atoms with Gasteiger partial charge >= 0.3 is 0 Å². The number of benzene rings is 1. The number of amides is 2. The summed E-state index contributed by atoms with van der Waals surface area (Å²) < 4.78 is 0. The fourth-order valence-corrected chi connectivity index (χ4v) is 1.35. The van der Waals surface area contributed by atoms with Crippen molar-refractivity contribution >= 4 is 29.0 Å². The number of ketones is 1. The standard InChI is InChI=1S/C12H13N3O4/c1-7(16)10(15-19)12(18)14-9-5-3-4-8(6-9)11(17)13-2/h3-6,19H,1-2H3,(H,13,17)(H,14,18)/b15-10-. The topological polar surface area (TPSA) is 108 Å². The van der Waals surface area contributed by atoms with Gasteiger partial charge in [-0.25, -0.2) is 0 Å². The zero-order valence-corrected chi connectivity index (χ0v) is 10.4. The normalized spacial score (nSPS) is 10.7. The minimum Gasteiger partial charge on any atom is -0.410 e. The van der Waals surface area contributed by atoms with Gasteiger partial charge in [-0.15, -0.1) is 0 Å². The highest BCUT2D eigenvalue weighted by Crippen LogP contribution is 2.10. The molecule has 0 spiro atoms. The van der Waals surface area contributed by atoms with Crippen LogP contribution in [-0.2, 0) is 9.59 Å². The molecule has 2 amide bonds. The van der Waals surface area contributed by atoms with E-state index in [0.29, 0.717) is 11.3 Å². The third-order valence-corrected chi connectivity index (χ3v) is 2.26. The van der Waals surface area contributed by atoms with E-state index in [1.54, 1.807) is 18.2 Å². The lowest BCUT2D eigenvalue weighted by Gasteiger charge is -2.06. The summed E-state index contributed by atoms with van der Waals surface area (Å²) in [7, 11) is 1.49. The molecule has 3 N–H and O–H groups in total. The number of Topliss-reactive ketones (excluding diaryl/α,β-unsaturated/α-hetero) is 1. The van der Waals surface area contributed by atoms with Crippen molar-refractivity contribution in [3.8, 4) is 0 Å². The Bertz CT molecular complexity index is 552. The van der Waals surface area contributed by atoms with Crippen LogP contribution in [0.3, 0.4) is 0 Å². The number of hydrogen-bond acceptors (Lipinski definition) is 5. The summed E-state index contributed by atoms with van der Waals surface area (Å²) in [4.78, 5) is 34.0. The van der Waals surface area contributed by atoms with Crippen LogP contribution in [0.1, 0.15) is 17.3 Å². The van der Waals surface area contributed by atoms with E-state index in [1.807, 2.05) is 0 Å². The Labute approximate surface area is 109 Å². The number of hydrogen-bond donors (Lipinski definition) is 3. The maximum atomic E-state index is 11.6. The Morgan fingerprint density at radius 1 is 1.26 bits per heavy atom. The molecule has 1 aromatic rings. The third-order valence-electron chi connectivity index (χ3n) is 2.26. The minimum atomic E-state index is -0.843. The maximum Gasteiger partial charge on any atom is 0.281 e. The second-order valence-corrected chi connectivity index (χ2v) is 3.62. The van der Waals surface area contributed by atoms with E-state index < -0.39 is 17.4 Å². The van der Waals surface area contributed by atoms with Gasteiger partial charge in [-0.05, 0) is 18.2 Å². The van der Waals surface area contributed by atoms with Crippen LogP contribution in [0.15, 0.2) is 29.4 Å². The van der Waals surface area contributed by atoms with Crippen LogP contribution in [0.25, 0.3) is 0 Å². The number of carbonyl (C=O) groups excluding carboxylic acids is 3. The van der Waals surface area contributed by atoms with Gasteiger partial charge in [-0.3, -0.25) is 14.4 Å². The molecule has 1 aromatic carbocycles. The van der Waals surface area contributed by atoms with Gasteiger partial charge in [0.15, 0.2) is 5.78 Å². The molecule has 0 aliphatic heterocycles. The van der Waals surface area contributed by atoms with Crippen LogP contribution in [0.4, 0.5) is 5.69 Å². The molecule has 0 unspecified atom stereocenters. The van der Waals surface area contributed by atoms with Crippen LogP contribution in [0.2, 0.25) is 0 Å². The first-order valence-electron chi connectivity index (χ1n) is 5.36. The van der Waals surface area contributed by atoms with Crippen molar-refractivity contribution in [3.05, 3.63) is 29.8 Å². The van der Waals surface area contributed by atoms with Gasteiger partial charge in [0.05, 0.1) is 0 Å². The smallest absolute Gasteiger partial charge is 0.281 e. The predicted molar refractivity (Wildman–Crippen MR) is 68.4 cm³/mol. The van der Waals surface area contributed by atoms with E-state index in [2.05, 4.69) is 15.8 Å². The molecule has 0 bridgehead atoms. The Balaban J connectivity index is 2.92. The highest BCUT2D eigenvalue weighted by atomic mass is 16.4. The number of nitrogens with zero attached hydrogens (tertiary/aromatic N) is 1. The Kier molecular flexibility index (Phi) is 4.76. The first-order chi connectivity index (χ1) is 8.99. The molecule has 0 saturated carbocycles. The number of anilines is 1. The molecule has 0 radical (unpaired) electrons. The SMILES string of the molecule is CNC(=O)c1cccc(NC(=O)/C(=N\O)C(C)=O)c1. The summed E-state index contributed by atoms with van der Waals surface area (Å²) in [5.74, 6) is -1.81. The minimum absolute atomic E-state index is 0.307. The van der Waals surface area contributed by atoms with Gasteiger partial charge in [0.2, 0.25) is 5.71 Å². The molecule has 0 atom stereocenters. The largest absolute Gasteiger partial charge is 0.410 e. The lowest BCUT2D eigenvalue weighted by molar-refractivity contribution is -0.114. The van der Waals surface area contributed by atoms with Crippen molar-refractivity contribution in [2.75, 3.05) is 12.4 Å². The Hall–Kier alpha value is -2.70.